The molecule has 1 saturated carbocycles. The van der Waals surface area contributed by atoms with Gasteiger partial charge in [-0.25, -0.2) is 4.99 Å². The molecule has 0 saturated heterocycles. The Labute approximate surface area is 121 Å². The van der Waals surface area contributed by atoms with Crippen LogP contribution in [0.1, 0.15) is 37.7 Å². The zero-order chi connectivity index (χ0) is 14.2. The minimum atomic E-state index is 0.394. The highest BCUT2D eigenvalue weighted by Crippen LogP contribution is 2.22. The number of ether oxygens (including phenoxy) is 2. The predicted octanol–water partition coefficient (Wildman–Crippen LogP) is 3.98. The highest BCUT2D eigenvalue weighted by molar-refractivity contribution is 5.94. The molecule has 1 aliphatic carbocycles. The molecule has 20 heavy (non-hydrogen) atoms. The Morgan fingerprint density at radius 2 is 1.95 bits per heavy atom. The van der Waals surface area contributed by atoms with E-state index in [-0.39, 0.29) is 0 Å². The number of rotatable bonds is 5. The maximum Gasteiger partial charge on any atom is 0.216 e. The summed E-state index contributed by atoms with van der Waals surface area (Å²) >= 11 is 0. The Hall–Kier alpha value is -1.77. The van der Waals surface area contributed by atoms with Gasteiger partial charge in [-0.1, -0.05) is 31.9 Å². The molecule has 2 rings (SSSR count). The lowest BCUT2D eigenvalue weighted by Gasteiger charge is -2.19. The molecular formula is C17H23NO2. The van der Waals surface area contributed by atoms with Crippen LogP contribution in [0.15, 0.2) is 41.9 Å². The van der Waals surface area contributed by atoms with E-state index < -0.39 is 0 Å². The Morgan fingerprint density at radius 1 is 1.25 bits per heavy atom. The van der Waals surface area contributed by atoms with E-state index in [9.17, 15) is 0 Å². The van der Waals surface area contributed by atoms with Crippen molar-refractivity contribution >= 4 is 5.90 Å². The first kappa shape index (κ1) is 14.6. The molecule has 0 aromatic heterocycles. The van der Waals surface area contributed by atoms with Crippen molar-refractivity contribution in [1.29, 1.82) is 0 Å². The van der Waals surface area contributed by atoms with Crippen LogP contribution in [0.2, 0.25) is 0 Å². The fraction of sp³-hybridized carbons (Fsp3) is 0.471. The Morgan fingerprint density at radius 3 is 2.55 bits per heavy atom. The summed E-state index contributed by atoms with van der Waals surface area (Å²) in [4.78, 5) is 4.80. The van der Waals surface area contributed by atoms with E-state index in [1.165, 1.54) is 19.3 Å². The maximum atomic E-state index is 5.74. The van der Waals surface area contributed by atoms with Gasteiger partial charge in [-0.15, -0.1) is 0 Å². The predicted molar refractivity (Wildman–Crippen MR) is 82.6 cm³/mol. The number of methoxy groups -OCH3 is 1. The second kappa shape index (κ2) is 7.73. The monoisotopic (exact) mass is 273 g/mol. The van der Waals surface area contributed by atoms with Crippen LogP contribution in [-0.4, -0.2) is 25.7 Å². The largest absolute Gasteiger partial charge is 0.497 e. The summed E-state index contributed by atoms with van der Waals surface area (Å²) in [6, 6.07) is 8.24. The van der Waals surface area contributed by atoms with Crippen LogP contribution in [0.5, 0.6) is 5.75 Å². The molecule has 108 valence electrons. The SMILES string of the molecule is C=CCOC(=NC1CCCCC1)c1ccc(OC)cc1. The molecule has 1 aliphatic rings. The van der Waals surface area contributed by atoms with Gasteiger partial charge in [0.1, 0.15) is 12.4 Å². The first-order valence-electron chi connectivity index (χ1n) is 7.29. The molecule has 0 aliphatic heterocycles. The van der Waals surface area contributed by atoms with Crippen LogP contribution in [-0.2, 0) is 4.74 Å². The molecular weight excluding hydrogens is 250 g/mol. The van der Waals surface area contributed by atoms with Gasteiger partial charge in [0.25, 0.3) is 0 Å². The van der Waals surface area contributed by atoms with Crippen molar-refractivity contribution in [3.8, 4) is 5.75 Å². The third-order valence-corrected chi connectivity index (χ3v) is 3.55. The summed E-state index contributed by atoms with van der Waals surface area (Å²) in [5.74, 6) is 1.56. The average molecular weight is 273 g/mol. The van der Waals surface area contributed by atoms with Gasteiger partial charge in [0.2, 0.25) is 5.90 Å². The smallest absolute Gasteiger partial charge is 0.216 e. The maximum absolute atomic E-state index is 5.74. The number of benzene rings is 1. The van der Waals surface area contributed by atoms with Crippen LogP contribution in [0.25, 0.3) is 0 Å². The summed E-state index contributed by atoms with van der Waals surface area (Å²) in [5.41, 5.74) is 0.998. The quantitative estimate of drug-likeness (QED) is 0.461. The zero-order valence-electron chi connectivity index (χ0n) is 12.2. The second-order valence-electron chi connectivity index (χ2n) is 5.05. The third kappa shape index (κ3) is 4.12. The number of aliphatic imine (C=N–C) groups is 1. The van der Waals surface area contributed by atoms with Gasteiger partial charge >= 0.3 is 0 Å². The van der Waals surface area contributed by atoms with Crippen molar-refractivity contribution in [1.82, 2.24) is 0 Å². The van der Waals surface area contributed by atoms with E-state index in [0.717, 1.165) is 30.1 Å². The van der Waals surface area contributed by atoms with Crippen molar-refractivity contribution < 1.29 is 9.47 Å². The van der Waals surface area contributed by atoms with Gasteiger partial charge in [-0.05, 0) is 37.1 Å². The standard InChI is InChI=1S/C17H23NO2/c1-3-13-20-17(18-15-7-5-4-6-8-15)14-9-11-16(19-2)12-10-14/h3,9-12,15H,1,4-8,13H2,2H3. The molecule has 1 aromatic rings. The zero-order valence-corrected chi connectivity index (χ0v) is 12.2. The van der Waals surface area contributed by atoms with E-state index in [1.54, 1.807) is 13.2 Å². The Balaban J connectivity index is 2.15. The highest BCUT2D eigenvalue weighted by atomic mass is 16.5. The third-order valence-electron chi connectivity index (χ3n) is 3.55. The van der Waals surface area contributed by atoms with Gasteiger partial charge in [0, 0.05) is 5.56 Å². The molecule has 3 nitrogen and oxygen atoms in total. The molecule has 0 unspecified atom stereocenters. The van der Waals surface area contributed by atoms with Gasteiger partial charge < -0.3 is 9.47 Å². The second-order valence-corrected chi connectivity index (χ2v) is 5.05. The minimum absolute atomic E-state index is 0.394. The fourth-order valence-electron chi connectivity index (χ4n) is 2.44. The van der Waals surface area contributed by atoms with Gasteiger partial charge in [-0.2, -0.15) is 0 Å². The van der Waals surface area contributed by atoms with Crippen LogP contribution < -0.4 is 4.74 Å². The summed E-state index contributed by atoms with van der Waals surface area (Å²) in [6.45, 7) is 4.18. The summed E-state index contributed by atoms with van der Waals surface area (Å²) in [7, 11) is 1.67. The molecule has 1 aromatic carbocycles. The molecule has 0 radical (unpaired) electrons. The van der Waals surface area contributed by atoms with Gasteiger partial charge in [0.05, 0.1) is 13.2 Å². The summed E-state index contributed by atoms with van der Waals surface area (Å²) in [6.07, 6.45) is 7.95. The van der Waals surface area contributed by atoms with Gasteiger partial charge in [-0.3, -0.25) is 0 Å². The van der Waals surface area contributed by atoms with Gasteiger partial charge in [0.15, 0.2) is 0 Å². The summed E-state index contributed by atoms with van der Waals surface area (Å²) < 4.78 is 10.9. The van der Waals surface area contributed by atoms with Crippen molar-refractivity contribution in [3.63, 3.8) is 0 Å². The van der Waals surface area contributed by atoms with Crippen LogP contribution >= 0.6 is 0 Å². The molecule has 0 atom stereocenters. The molecule has 3 heteroatoms. The summed E-state index contributed by atoms with van der Waals surface area (Å²) in [5, 5.41) is 0. The van der Waals surface area contributed by atoms with Crippen LogP contribution in [0, 0.1) is 0 Å². The first-order chi connectivity index (χ1) is 9.83. The van der Waals surface area contributed by atoms with E-state index in [4.69, 9.17) is 14.5 Å². The van der Waals surface area contributed by atoms with Crippen molar-refractivity contribution in [2.45, 2.75) is 38.1 Å². The minimum Gasteiger partial charge on any atom is -0.497 e. The van der Waals surface area contributed by atoms with E-state index in [0.29, 0.717) is 12.6 Å². The fourth-order valence-corrected chi connectivity index (χ4v) is 2.44. The van der Waals surface area contributed by atoms with Crippen molar-refractivity contribution in [2.24, 2.45) is 4.99 Å². The Kier molecular flexibility index (Phi) is 5.66. The number of hydrogen-bond donors (Lipinski definition) is 0. The first-order valence-corrected chi connectivity index (χ1v) is 7.29. The average Bonchev–Trinajstić information content (AvgIpc) is 2.52. The van der Waals surface area contributed by atoms with Crippen LogP contribution in [0.3, 0.4) is 0 Å². The van der Waals surface area contributed by atoms with Crippen molar-refractivity contribution in [3.05, 3.63) is 42.5 Å². The normalized spacial score (nSPS) is 16.8. The lowest BCUT2D eigenvalue weighted by atomic mass is 9.96. The molecule has 0 N–H and O–H groups in total. The Bertz CT molecular complexity index is 445. The van der Waals surface area contributed by atoms with E-state index in [1.807, 2.05) is 24.3 Å². The molecule has 0 amide bonds. The lowest BCUT2D eigenvalue weighted by molar-refractivity contribution is 0.341. The number of nitrogens with zero attached hydrogens (tertiary/aromatic N) is 1. The highest BCUT2D eigenvalue weighted by Gasteiger charge is 2.14. The number of hydrogen-bond acceptors (Lipinski definition) is 3. The molecule has 1 fully saturated rings. The van der Waals surface area contributed by atoms with Crippen molar-refractivity contribution in [2.75, 3.05) is 13.7 Å². The van der Waals surface area contributed by atoms with Crippen LogP contribution in [0.4, 0.5) is 0 Å². The topological polar surface area (TPSA) is 30.8 Å². The molecule has 0 spiro atoms. The van der Waals surface area contributed by atoms with E-state index >= 15 is 0 Å². The van der Waals surface area contributed by atoms with E-state index in [2.05, 4.69) is 6.58 Å². The lowest BCUT2D eigenvalue weighted by Crippen LogP contribution is -2.16. The molecule has 0 bridgehead atoms. The molecule has 0 heterocycles.